The molecule has 0 saturated carbocycles. The Labute approximate surface area is 142 Å². The number of nitrogens with zero attached hydrogens (tertiary/aromatic N) is 4. The number of carbonyl (C=O) groups is 1. The summed E-state index contributed by atoms with van der Waals surface area (Å²) in [5.74, 6) is 0.824. The van der Waals surface area contributed by atoms with Gasteiger partial charge in [-0.15, -0.1) is 0 Å². The molecule has 0 N–H and O–H groups in total. The van der Waals surface area contributed by atoms with Gasteiger partial charge in [0, 0.05) is 26.2 Å². The number of rotatable bonds is 2. The predicted octanol–water partition coefficient (Wildman–Crippen LogP) is 3.08. The molecule has 1 saturated heterocycles. The number of likely N-dealkylation sites (N-methyl/N-ethyl adjacent to an activating group) is 1. The molecule has 3 rings (SSSR count). The lowest BCUT2D eigenvalue weighted by molar-refractivity contribution is 0.0292. The molecule has 1 amide bonds. The predicted molar refractivity (Wildman–Crippen MR) is 94.2 cm³/mol. The summed E-state index contributed by atoms with van der Waals surface area (Å²) in [5.41, 5.74) is 1.30. The SMILES string of the molecule is CN(c1cnc2ccccc2n1)C1CCN(C(=O)OC(C)(C)C)C1. The minimum atomic E-state index is -0.467. The first-order valence-electron chi connectivity index (χ1n) is 8.26. The Morgan fingerprint density at radius 3 is 2.71 bits per heavy atom. The van der Waals surface area contributed by atoms with E-state index in [0.29, 0.717) is 13.1 Å². The highest BCUT2D eigenvalue weighted by molar-refractivity contribution is 5.75. The Morgan fingerprint density at radius 1 is 1.29 bits per heavy atom. The Kier molecular flexibility index (Phi) is 4.30. The molecule has 6 nitrogen and oxygen atoms in total. The van der Waals surface area contributed by atoms with Crippen LogP contribution in [0.15, 0.2) is 30.5 Å². The van der Waals surface area contributed by atoms with E-state index >= 15 is 0 Å². The van der Waals surface area contributed by atoms with Crippen LogP contribution in [0.2, 0.25) is 0 Å². The van der Waals surface area contributed by atoms with Crippen molar-refractivity contribution in [3.63, 3.8) is 0 Å². The number of anilines is 1. The summed E-state index contributed by atoms with van der Waals surface area (Å²) in [6.45, 7) is 6.99. The number of likely N-dealkylation sites (tertiary alicyclic amines) is 1. The second-order valence-corrected chi connectivity index (χ2v) is 7.20. The number of hydrogen-bond donors (Lipinski definition) is 0. The molecule has 128 valence electrons. The van der Waals surface area contributed by atoms with Gasteiger partial charge in [-0.25, -0.2) is 9.78 Å². The number of fused-ring (bicyclic) bond motifs is 1. The fraction of sp³-hybridized carbons (Fsp3) is 0.500. The second kappa shape index (κ2) is 6.26. The van der Waals surface area contributed by atoms with E-state index < -0.39 is 5.60 Å². The summed E-state index contributed by atoms with van der Waals surface area (Å²) in [7, 11) is 2.00. The van der Waals surface area contributed by atoms with E-state index in [1.54, 1.807) is 11.1 Å². The summed E-state index contributed by atoms with van der Waals surface area (Å²) < 4.78 is 5.45. The highest BCUT2D eigenvalue weighted by Gasteiger charge is 2.32. The molecule has 1 aliphatic heterocycles. The Morgan fingerprint density at radius 2 is 2.00 bits per heavy atom. The minimum absolute atomic E-state index is 0.216. The number of ether oxygens (including phenoxy) is 1. The molecule has 0 bridgehead atoms. The van der Waals surface area contributed by atoms with Crippen molar-refractivity contribution >= 4 is 22.9 Å². The first-order chi connectivity index (χ1) is 11.3. The number of hydrogen-bond acceptors (Lipinski definition) is 5. The van der Waals surface area contributed by atoms with Gasteiger partial charge in [0.05, 0.1) is 17.2 Å². The molecule has 6 heteroatoms. The van der Waals surface area contributed by atoms with Crippen LogP contribution in [0.1, 0.15) is 27.2 Å². The summed E-state index contributed by atoms with van der Waals surface area (Å²) in [4.78, 5) is 25.2. The zero-order chi connectivity index (χ0) is 17.3. The third-order valence-electron chi connectivity index (χ3n) is 4.16. The van der Waals surface area contributed by atoms with Crippen LogP contribution in [0.3, 0.4) is 0 Å². The molecule has 1 fully saturated rings. The molecule has 0 radical (unpaired) electrons. The molecule has 1 aromatic heterocycles. The van der Waals surface area contributed by atoms with Crippen molar-refractivity contribution in [3.05, 3.63) is 30.5 Å². The molecular weight excluding hydrogens is 304 g/mol. The summed E-state index contributed by atoms with van der Waals surface area (Å²) in [6.07, 6.45) is 2.44. The highest BCUT2D eigenvalue weighted by Crippen LogP contribution is 2.22. The Bertz CT molecular complexity index is 741. The number of para-hydroxylation sites is 2. The number of benzene rings is 1. The van der Waals surface area contributed by atoms with Crippen molar-refractivity contribution in [2.45, 2.75) is 38.8 Å². The maximum atomic E-state index is 12.2. The lowest BCUT2D eigenvalue weighted by Gasteiger charge is -2.27. The van der Waals surface area contributed by atoms with Crippen molar-refractivity contribution in [1.82, 2.24) is 14.9 Å². The standard InChI is InChI=1S/C18H24N4O2/c1-18(2,3)24-17(23)22-10-9-13(12-22)21(4)16-11-19-14-7-5-6-8-15(14)20-16/h5-8,11,13H,9-10,12H2,1-4H3. The van der Waals surface area contributed by atoms with Gasteiger partial charge in [-0.3, -0.25) is 4.98 Å². The van der Waals surface area contributed by atoms with Crippen molar-refractivity contribution in [1.29, 1.82) is 0 Å². The molecule has 0 spiro atoms. The van der Waals surface area contributed by atoms with Gasteiger partial charge in [-0.2, -0.15) is 0 Å². The van der Waals surface area contributed by atoms with Crippen molar-refractivity contribution in [2.75, 3.05) is 25.0 Å². The Balaban J connectivity index is 1.69. The monoisotopic (exact) mass is 328 g/mol. The van der Waals surface area contributed by atoms with Gasteiger partial charge in [-0.05, 0) is 39.3 Å². The summed E-state index contributed by atoms with van der Waals surface area (Å²) >= 11 is 0. The average Bonchev–Trinajstić information content (AvgIpc) is 3.02. The highest BCUT2D eigenvalue weighted by atomic mass is 16.6. The minimum Gasteiger partial charge on any atom is -0.444 e. The lowest BCUT2D eigenvalue weighted by atomic mass is 10.2. The first kappa shape index (κ1) is 16.5. The van der Waals surface area contributed by atoms with Crippen LogP contribution in [-0.4, -0.2) is 52.7 Å². The molecule has 24 heavy (non-hydrogen) atoms. The third kappa shape index (κ3) is 3.58. The number of amides is 1. The van der Waals surface area contributed by atoms with Gasteiger partial charge in [0.15, 0.2) is 0 Å². The van der Waals surface area contributed by atoms with E-state index in [4.69, 9.17) is 4.74 Å². The van der Waals surface area contributed by atoms with Crippen molar-refractivity contribution in [3.8, 4) is 0 Å². The van der Waals surface area contributed by atoms with Gasteiger partial charge in [0.25, 0.3) is 0 Å². The van der Waals surface area contributed by atoms with Gasteiger partial charge in [-0.1, -0.05) is 12.1 Å². The molecule has 2 heterocycles. The quantitative estimate of drug-likeness (QED) is 0.848. The van der Waals surface area contributed by atoms with Crippen LogP contribution >= 0.6 is 0 Å². The number of carbonyl (C=O) groups excluding carboxylic acids is 1. The van der Waals surface area contributed by atoms with E-state index in [2.05, 4.69) is 14.9 Å². The Hall–Kier alpha value is -2.37. The zero-order valence-electron chi connectivity index (χ0n) is 14.7. The van der Waals surface area contributed by atoms with Gasteiger partial charge < -0.3 is 14.5 Å². The van der Waals surface area contributed by atoms with Crippen LogP contribution in [0, 0.1) is 0 Å². The topological polar surface area (TPSA) is 58.6 Å². The molecule has 2 aromatic rings. The fourth-order valence-corrected chi connectivity index (χ4v) is 2.85. The lowest BCUT2D eigenvalue weighted by Crippen LogP contribution is -2.39. The molecule has 1 atom stereocenters. The molecule has 1 aliphatic rings. The van der Waals surface area contributed by atoms with Gasteiger partial charge in [0.1, 0.15) is 11.4 Å². The smallest absolute Gasteiger partial charge is 0.410 e. The molecule has 1 unspecified atom stereocenters. The van der Waals surface area contributed by atoms with Gasteiger partial charge >= 0.3 is 6.09 Å². The van der Waals surface area contributed by atoms with Crippen LogP contribution < -0.4 is 4.90 Å². The van der Waals surface area contributed by atoms with E-state index in [9.17, 15) is 4.79 Å². The van der Waals surface area contributed by atoms with Crippen LogP contribution in [0.4, 0.5) is 10.6 Å². The maximum absolute atomic E-state index is 12.2. The summed E-state index contributed by atoms with van der Waals surface area (Å²) in [5, 5.41) is 0. The van der Waals surface area contributed by atoms with E-state index in [1.807, 2.05) is 52.1 Å². The second-order valence-electron chi connectivity index (χ2n) is 7.20. The maximum Gasteiger partial charge on any atom is 0.410 e. The third-order valence-corrected chi connectivity index (χ3v) is 4.16. The molecule has 0 aliphatic carbocycles. The van der Waals surface area contributed by atoms with E-state index in [1.165, 1.54) is 0 Å². The van der Waals surface area contributed by atoms with Crippen LogP contribution in [0.25, 0.3) is 11.0 Å². The van der Waals surface area contributed by atoms with Crippen LogP contribution in [-0.2, 0) is 4.74 Å². The van der Waals surface area contributed by atoms with Crippen molar-refractivity contribution in [2.24, 2.45) is 0 Å². The van der Waals surface area contributed by atoms with E-state index in [0.717, 1.165) is 23.3 Å². The zero-order valence-corrected chi connectivity index (χ0v) is 14.7. The molecular formula is C18H24N4O2. The summed E-state index contributed by atoms with van der Waals surface area (Å²) in [6, 6.07) is 8.04. The molecule has 1 aromatic carbocycles. The fourth-order valence-electron chi connectivity index (χ4n) is 2.85. The number of aromatic nitrogens is 2. The largest absolute Gasteiger partial charge is 0.444 e. The van der Waals surface area contributed by atoms with Crippen LogP contribution in [0.5, 0.6) is 0 Å². The van der Waals surface area contributed by atoms with E-state index in [-0.39, 0.29) is 12.1 Å². The van der Waals surface area contributed by atoms with Gasteiger partial charge in [0.2, 0.25) is 0 Å². The normalized spacial score (nSPS) is 18.0. The first-order valence-corrected chi connectivity index (χ1v) is 8.26. The average molecular weight is 328 g/mol. The van der Waals surface area contributed by atoms with Crippen molar-refractivity contribution < 1.29 is 9.53 Å².